The van der Waals surface area contributed by atoms with Crippen LogP contribution in [0.25, 0.3) is 0 Å². The molecule has 0 saturated heterocycles. The zero-order chi connectivity index (χ0) is 23.5. The van der Waals surface area contributed by atoms with Crippen molar-refractivity contribution in [2.24, 2.45) is 0 Å². The van der Waals surface area contributed by atoms with E-state index in [4.69, 9.17) is 19.5 Å². The second-order valence-corrected chi connectivity index (χ2v) is 9.93. The molecule has 0 fully saturated rings. The maximum Gasteiger partial charge on any atom is 0.264 e. The highest BCUT2D eigenvalue weighted by atomic mass is 32.2. The molecule has 0 aliphatic rings. The number of aliphatic hydroxyl groups is 2. The van der Waals surface area contributed by atoms with E-state index in [1.54, 1.807) is 0 Å². The minimum absolute atomic E-state index is 0.0961. The van der Waals surface area contributed by atoms with Crippen LogP contribution in [0, 0.1) is 0 Å². The summed E-state index contributed by atoms with van der Waals surface area (Å²) in [6.45, 7) is 3.92. The first kappa shape index (κ1) is 33.0. The molecule has 190 valence electrons. The van der Waals surface area contributed by atoms with Gasteiger partial charge in [0.15, 0.2) is 0 Å². The molecule has 3 N–H and O–H groups in total. The Morgan fingerprint density at radius 1 is 0.548 bits per heavy atom. The van der Waals surface area contributed by atoms with Crippen LogP contribution in [0.5, 0.6) is 0 Å². The van der Waals surface area contributed by atoms with E-state index < -0.39 is 10.1 Å². The molecular formula is C24H52O6S. The third-order valence-electron chi connectivity index (χ3n) is 5.15. The van der Waals surface area contributed by atoms with Gasteiger partial charge in [0, 0.05) is 26.4 Å². The standard InChI is InChI=1S/C21H44O2.C3H8O4S/c1-2-3-4-5-6-7-8-9-10-11-12-13-14-15-16-17-20-23-21-18-19-22;4-2-1-3-8(5,6)7/h22H,2-21H2,1H3;4H,1-3H2,(H,5,6,7). The van der Waals surface area contributed by atoms with E-state index in [1.165, 1.54) is 103 Å². The van der Waals surface area contributed by atoms with Crippen LogP contribution >= 0.6 is 0 Å². The maximum absolute atomic E-state index is 9.83. The Kier molecular flexibility index (Phi) is 29.6. The molecule has 0 rings (SSSR count). The van der Waals surface area contributed by atoms with E-state index >= 15 is 0 Å². The van der Waals surface area contributed by atoms with E-state index in [1.807, 2.05) is 0 Å². The largest absolute Gasteiger partial charge is 0.396 e. The molecule has 0 aromatic rings. The first-order valence-electron chi connectivity index (χ1n) is 12.7. The summed E-state index contributed by atoms with van der Waals surface area (Å²) in [5.41, 5.74) is 0. The van der Waals surface area contributed by atoms with E-state index in [2.05, 4.69) is 6.92 Å². The average Bonchev–Trinajstić information content (AvgIpc) is 2.74. The van der Waals surface area contributed by atoms with Gasteiger partial charge in [0.25, 0.3) is 10.1 Å². The van der Waals surface area contributed by atoms with Gasteiger partial charge in [0.1, 0.15) is 0 Å². The molecule has 31 heavy (non-hydrogen) atoms. The van der Waals surface area contributed by atoms with Crippen LogP contribution in [0.1, 0.15) is 122 Å². The monoisotopic (exact) mass is 468 g/mol. The minimum Gasteiger partial charge on any atom is -0.396 e. The highest BCUT2D eigenvalue weighted by Crippen LogP contribution is 2.13. The molecule has 0 aromatic heterocycles. The average molecular weight is 469 g/mol. The van der Waals surface area contributed by atoms with Gasteiger partial charge < -0.3 is 14.9 Å². The molecule has 0 aromatic carbocycles. The lowest BCUT2D eigenvalue weighted by Gasteiger charge is -2.04. The zero-order valence-electron chi connectivity index (χ0n) is 20.2. The lowest BCUT2D eigenvalue weighted by molar-refractivity contribution is 0.112. The molecular weight excluding hydrogens is 416 g/mol. The van der Waals surface area contributed by atoms with Gasteiger partial charge in [-0.15, -0.1) is 0 Å². The Morgan fingerprint density at radius 3 is 1.23 bits per heavy atom. The molecule has 0 radical (unpaired) electrons. The number of hydrogen-bond acceptors (Lipinski definition) is 5. The Labute approximate surface area is 192 Å². The Morgan fingerprint density at radius 2 is 0.903 bits per heavy atom. The van der Waals surface area contributed by atoms with Crippen molar-refractivity contribution in [2.75, 3.05) is 32.2 Å². The van der Waals surface area contributed by atoms with Gasteiger partial charge in [-0.2, -0.15) is 8.42 Å². The van der Waals surface area contributed by atoms with E-state index in [0.29, 0.717) is 0 Å². The summed E-state index contributed by atoms with van der Waals surface area (Å²) in [5, 5.41) is 16.7. The highest BCUT2D eigenvalue weighted by molar-refractivity contribution is 7.85. The van der Waals surface area contributed by atoms with Crippen molar-refractivity contribution in [3.63, 3.8) is 0 Å². The first-order chi connectivity index (χ1) is 15.0. The fourth-order valence-electron chi connectivity index (χ4n) is 3.27. The Balaban J connectivity index is 0. The highest BCUT2D eigenvalue weighted by Gasteiger charge is 2.00. The van der Waals surface area contributed by atoms with Crippen LogP contribution < -0.4 is 0 Å². The molecule has 7 heteroatoms. The summed E-state index contributed by atoms with van der Waals surface area (Å²) in [5.74, 6) is -0.358. The molecule has 0 spiro atoms. The van der Waals surface area contributed by atoms with Gasteiger partial charge >= 0.3 is 0 Å². The molecule has 0 unspecified atom stereocenters. The number of aliphatic hydroxyl groups excluding tert-OH is 2. The van der Waals surface area contributed by atoms with Crippen molar-refractivity contribution in [1.29, 1.82) is 0 Å². The first-order valence-corrected chi connectivity index (χ1v) is 14.3. The SMILES string of the molecule is CCCCCCCCCCCCCCCCCCOCCCO.O=S(=O)(O)CCCO. The third-order valence-corrected chi connectivity index (χ3v) is 5.95. The summed E-state index contributed by atoms with van der Waals surface area (Å²) in [6, 6.07) is 0. The number of rotatable bonds is 23. The van der Waals surface area contributed by atoms with Crippen LogP contribution in [0.4, 0.5) is 0 Å². The fourth-order valence-corrected chi connectivity index (χ4v) is 3.76. The van der Waals surface area contributed by atoms with Crippen LogP contribution in [0.3, 0.4) is 0 Å². The molecule has 0 heterocycles. The lowest BCUT2D eigenvalue weighted by atomic mass is 10.0. The van der Waals surface area contributed by atoms with Gasteiger partial charge in [-0.05, 0) is 19.3 Å². The van der Waals surface area contributed by atoms with Crippen molar-refractivity contribution < 1.29 is 27.9 Å². The Hall–Kier alpha value is -0.210. The molecule has 0 saturated carbocycles. The van der Waals surface area contributed by atoms with Crippen molar-refractivity contribution >= 4 is 10.1 Å². The van der Waals surface area contributed by atoms with E-state index in [0.717, 1.165) is 19.6 Å². The molecule has 6 nitrogen and oxygen atoms in total. The second-order valence-electron chi connectivity index (χ2n) is 8.36. The van der Waals surface area contributed by atoms with Crippen LogP contribution in [-0.4, -0.2) is 55.4 Å². The second kappa shape index (κ2) is 27.8. The van der Waals surface area contributed by atoms with Crippen LogP contribution in [-0.2, 0) is 14.9 Å². The summed E-state index contributed by atoms with van der Waals surface area (Å²) >= 11 is 0. The molecule has 0 aliphatic heterocycles. The van der Waals surface area contributed by atoms with E-state index in [9.17, 15) is 8.42 Å². The van der Waals surface area contributed by atoms with Gasteiger partial charge in [-0.3, -0.25) is 4.55 Å². The molecule has 0 aliphatic carbocycles. The number of unbranched alkanes of at least 4 members (excludes halogenated alkanes) is 15. The smallest absolute Gasteiger partial charge is 0.264 e. The lowest BCUT2D eigenvalue weighted by Crippen LogP contribution is -2.04. The van der Waals surface area contributed by atoms with Crippen LogP contribution in [0.15, 0.2) is 0 Å². The predicted octanol–water partition coefficient (Wildman–Crippen LogP) is 5.90. The molecule has 0 bridgehead atoms. The summed E-state index contributed by atoms with van der Waals surface area (Å²) < 4.78 is 33.1. The van der Waals surface area contributed by atoms with Gasteiger partial charge in [0.05, 0.1) is 5.75 Å². The van der Waals surface area contributed by atoms with Gasteiger partial charge in [-0.25, -0.2) is 0 Å². The van der Waals surface area contributed by atoms with Crippen molar-refractivity contribution in [1.82, 2.24) is 0 Å². The van der Waals surface area contributed by atoms with Crippen molar-refractivity contribution in [3.8, 4) is 0 Å². The van der Waals surface area contributed by atoms with Crippen LogP contribution in [0.2, 0.25) is 0 Å². The van der Waals surface area contributed by atoms with Gasteiger partial charge in [0.2, 0.25) is 0 Å². The minimum atomic E-state index is -3.85. The summed E-state index contributed by atoms with van der Waals surface area (Å²) in [4.78, 5) is 0. The number of ether oxygens (including phenoxy) is 1. The zero-order valence-corrected chi connectivity index (χ0v) is 21.1. The summed E-state index contributed by atoms with van der Waals surface area (Å²) in [7, 11) is -3.85. The van der Waals surface area contributed by atoms with Gasteiger partial charge in [-0.1, -0.05) is 103 Å². The van der Waals surface area contributed by atoms with Crippen molar-refractivity contribution in [2.45, 2.75) is 122 Å². The van der Waals surface area contributed by atoms with Crippen molar-refractivity contribution in [3.05, 3.63) is 0 Å². The normalized spacial score (nSPS) is 11.4. The van der Waals surface area contributed by atoms with E-state index in [-0.39, 0.29) is 25.4 Å². The third kappa shape index (κ3) is 37.4. The topological polar surface area (TPSA) is 104 Å². The molecule has 0 amide bonds. The predicted molar refractivity (Wildman–Crippen MR) is 130 cm³/mol. The maximum atomic E-state index is 9.83. The molecule has 0 atom stereocenters. The quantitative estimate of drug-likeness (QED) is 0.127. The fraction of sp³-hybridized carbons (Fsp3) is 1.00. The Bertz CT molecular complexity index is 394. The number of hydrogen-bond donors (Lipinski definition) is 3. The summed E-state index contributed by atoms with van der Waals surface area (Å²) in [6.07, 6.45) is 23.4.